The van der Waals surface area contributed by atoms with E-state index in [2.05, 4.69) is 31.9 Å². The normalized spacial score (nSPS) is 45.5. The van der Waals surface area contributed by atoms with Crippen molar-refractivity contribution in [3.8, 4) is 0 Å². The van der Waals surface area contributed by atoms with Crippen molar-refractivity contribution < 1.29 is 9.90 Å². The molecular formula is C26H40N2O2. The van der Waals surface area contributed by atoms with Crippen LogP contribution in [0, 0.1) is 54.3 Å². The lowest BCUT2D eigenvalue weighted by Gasteiger charge is -2.60. The van der Waals surface area contributed by atoms with Crippen LogP contribution in [0.5, 0.6) is 0 Å². The summed E-state index contributed by atoms with van der Waals surface area (Å²) in [7, 11) is 0. The number of aromatic nitrogens is 2. The van der Waals surface area contributed by atoms with Gasteiger partial charge in [-0.05, 0) is 112 Å². The number of aliphatic hydroxyl groups excluding tert-OH is 1. The zero-order valence-electron chi connectivity index (χ0n) is 19.4. The standard InChI is InChI=1S/C26H40N2O2/c1-16-13-17(2)28(27-16)15-24(30)23-8-7-21-20-6-5-18-14-19(29)9-11-25(18,3)22(20)10-12-26(21,23)4/h13,18-23,29H,5-12,14-15H2,1-4H3/t18?,19?,20-,21-,22-,23+,25-,26-/m0/s1. The van der Waals surface area contributed by atoms with Crippen LogP contribution in [-0.4, -0.2) is 26.8 Å². The Morgan fingerprint density at radius 2 is 1.80 bits per heavy atom. The predicted molar refractivity (Wildman–Crippen MR) is 118 cm³/mol. The first-order chi connectivity index (χ1) is 14.2. The molecule has 1 aromatic heterocycles. The number of aryl methyl sites for hydroxylation is 2. The van der Waals surface area contributed by atoms with Gasteiger partial charge in [-0.25, -0.2) is 0 Å². The highest BCUT2D eigenvalue weighted by molar-refractivity contribution is 5.82. The number of rotatable bonds is 3. The number of Topliss-reactive ketones (excluding diaryl/α,β-unsaturated/α-hetero) is 1. The van der Waals surface area contributed by atoms with Crippen molar-refractivity contribution >= 4 is 5.78 Å². The van der Waals surface area contributed by atoms with E-state index in [0.717, 1.165) is 42.5 Å². The molecule has 0 bridgehead atoms. The van der Waals surface area contributed by atoms with Crippen LogP contribution < -0.4 is 0 Å². The fourth-order valence-corrected chi connectivity index (χ4v) is 8.86. The lowest BCUT2D eigenvalue weighted by Crippen LogP contribution is -2.54. The number of hydrogen-bond donors (Lipinski definition) is 1. The highest BCUT2D eigenvalue weighted by Crippen LogP contribution is 2.67. The van der Waals surface area contributed by atoms with Crippen molar-refractivity contribution in [3.63, 3.8) is 0 Å². The van der Waals surface area contributed by atoms with Crippen LogP contribution in [0.3, 0.4) is 0 Å². The molecule has 4 aliphatic carbocycles. The molecule has 0 amide bonds. The summed E-state index contributed by atoms with van der Waals surface area (Å²) in [5.74, 6) is 3.60. The molecule has 8 atom stereocenters. The number of hydrogen-bond acceptors (Lipinski definition) is 3. The number of fused-ring (bicyclic) bond motifs is 5. The summed E-state index contributed by atoms with van der Waals surface area (Å²) in [6.07, 6.45) is 10.5. The second-order valence-electron chi connectivity index (χ2n) is 11.8. The number of carbonyl (C=O) groups excluding carboxylic acids is 1. The molecular weight excluding hydrogens is 372 g/mol. The van der Waals surface area contributed by atoms with Gasteiger partial charge in [0.25, 0.3) is 0 Å². The summed E-state index contributed by atoms with van der Waals surface area (Å²) in [5.41, 5.74) is 2.68. The van der Waals surface area contributed by atoms with Crippen LogP contribution in [0.2, 0.25) is 0 Å². The van der Waals surface area contributed by atoms with Crippen molar-refractivity contribution in [2.75, 3.05) is 0 Å². The van der Waals surface area contributed by atoms with E-state index in [0.29, 0.717) is 29.6 Å². The lowest BCUT2D eigenvalue weighted by atomic mass is 9.44. The molecule has 1 N–H and O–H groups in total. The molecule has 30 heavy (non-hydrogen) atoms. The van der Waals surface area contributed by atoms with Gasteiger partial charge in [0, 0.05) is 11.6 Å². The SMILES string of the molecule is Cc1cc(C)n(CC(=O)[C@H]2CC[C@H]3[C@@H]4CCC5CC(O)CC[C@]5(C)[C@H]4CC[C@]23C)n1. The lowest BCUT2D eigenvalue weighted by molar-refractivity contribution is -0.140. The third-order valence-corrected chi connectivity index (χ3v) is 10.4. The van der Waals surface area contributed by atoms with Crippen LogP contribution in [0.4, 0.5) is 0 Å². The monoisotopic (exact) mass is 412 g/mol. The van der Waals surface area contributed by atoms with Crippen LogP contribution in [0.1, 0.15) is 83.0 Å². The number of carbonyl (C=O) groups is 1. The highest BCUT2D eigenvalue weighted by Gasteiger charge is 2.61. The molecule has 2 unspecified atom stereocenters. The second kappa shape index (κ2) is 7.18. The van der Waals surface area contributed by atoms with Gasteiger partial charge in [-0.2, -0.15) is 5.10 Å². The molecule has 4 fully saturated rings. The third kappa shape index (κ3) is 3.04. The van der Waals surface area contributed by atoms with Gasteiger partial charge >= 0.3 is 0 Å². The molecule has 5 rings (SSSR count). The van der Waals surface area contributed by atoms with Gasteiger partial charge in [-0.3, -0.25) is 9.48 Å². The Morgan fingerprint density at radius 3 is 2.53 bits per heavy atom. The van der Waals surface area contributed by atoms with E-state index in [9.17, 15) is 9.90 Å². The molecule has 0 aromatic carbocycles. The van der Waals surface area contributed by atoms with E-state index in [1.54, 1.807) is 0 Å². The molecule has 1 aromatic rings. The number of ketones is 1. The fraction of sp³-hybridized carbons (Fsp3) is 0.846. The van der Waals surface area contributed by atoms with Gasteiger partial charge < -0.3 is 5.11 Å². The first kappa shape index (κ1) is 20.7. The molecule has 1 heterocycles. The average molecular weight is 413 g/mol. The average Bonchev–Trinajstić information content (AvgIpc) is 3.20. The largest absolute Gasteiger partial charge is 0.393 e. The van der Waals surface area contributed by atoms with E-state index in [1.807, 2.05) is 11.6 Å². The minimum atomic E-state index is -0.0728. The van der Waals surface area contributed by atoms with E-state index in [-0.39, 0.29) is 17.4 Å². The second-order valence-corrected chi connectivity index (χ2v) is 11.8. The van der Waals surface area contributed by atoms with Crippen LogP contribution >= 0.6 is 0 Å². The van der Waals surface area contributed by atoms with Gasteiger partial charge in [0.1, 0.15) is 6.54 Å². The maximum Gasteiger partial charge on any atom is 0.157 e. The molecule has 4 aliphatic rings. The zero-order chi connectivity index (χ0) is 21.3. The molecule has 0 radical (unpaired) electrons. The van der Waals surface area contributed by atoms with Gasteiger partial charge in [-0.1, -0.05) is 13.8 Å². The van der Waals surface area contributed by atoms with E-state index in [1.165, 1.54) is 38.5 Å². The topological polar surface area (TPSA) is 55.1 Å². The Labute approximate surface area is 181 Å². The van der Waals surface area contributed by atoms with Gasteiger partial charge in [0.15, 0.2) is 5.78 Å². The summed E-state index contributed by atoms with van der Waals surface area (Å²) in [6, 6.07) is 2.07. The van der Waals surface area contributed by atoms with Gasteiger partial charge in [-0.15, -0.1) is 0 Å². The Bertz CT molecular complexity index is 831. The van der Waals surface area contributed by atoms with Crippen LogP contribution in [0.15, 0.2) is 6.07 Å². The van der Waals surface area contributed by atoms with Crippen molar-refractivity contribution in [2.45, 2.75) is 98.1 Å². The third-order valence-electron chi connectivity index (χ3n) is 10.4. The highest BCUT2D eigenvalue weighted by atomic mass is 16.3. The Hall–Kier alpha value is -1.16. The van der Waals surface area contributed by atoms with Crippen molar-refractivity contribution in [3.05, 3.63) is 17.5 Å². The Kier molecular flexibility index (Phi) is 4.96. The number of aliphatic hydroxyl groups is 1. The predicted octanol–water partition coefficient (Wildman–Crippen LogP) is 5.09. The smallest absolute Gasteiger partial charge is 0.157 e. The van der Waals surface area contributed by atoms with Crippen LogP contribution in [-0.2, 0) is 11.3 Å². The first-order valence-electron chi connectivity index (χ1n) is 12.4. The van der Waals surface area contributed by atoms with Gasteiger partial charge in [0.2, 0.25) is 0 Å². The fourth-order valence-electron chi connectivity index (χ4n) is 8.86. The van der Waals surface area contributed by atoms with E-state index >= 15 is 0 Å². The summed E-state index contributed by atoms with van der Waals surface area (Å²) in [4.78, 5) is 13.4. The molecule has 0 aliphatic heterocycles. The molecule has 0 spiro atoms. The molecule has 4 saturated carbocycles. The molecule has 166 valence electrons. The maximum atomic E-state index is 13.4. The quantitative estimate of drug-likeness (QED) is 0.752. The summed E-state index contributed by atoms with van der Waals surface area (Å²) in [5, 5.41) is 14.8. The molecule has 4 heteroatoms. The van der Waals surface area contributed by atoms with Crippen molar-refractivity contribution in [2.24, 2.45) is 40.4 Å². The van der Waals surface area contributed by atoms with Gasteiger partial charge in [0.05, 0.1) is 11.8 Å². The zero-order valence-corrected chi connectivity index (χ0v) is 19.4. The van der Waals surface area contributed by atoms with Crippen molar-refractivity contribution in [1.82, 2.24) is 9.78 Å². The van der Waals surface area contributed by atoms with Crippen molar-refractivity contribution in [1.29, 1.82) is 0 Å². The van der Waals surface area contributed by atoms with E-state index in [4.69, 9.17) is 0 Å². The molecule has 4 nitrogen and oxygen atoms in total. The minimum Gasteiger partial charge on any atom is -0.393 e. The maximum absolute atomic E-state index is 13.4. The molecule has 0 saturated heterocycles. The Morgan fingerprint density at radius 1 is 1.07 bits per heavy atom. The van der Waals surface area contributed by atoms with E-state index < -0.39 is 0 Å². The number of nitrogens with zero attached hydrogens (tertiary/aromatic N) is 2. The first-order valence-corrected chi connectivity index (χ1v) is 12.4. The summed E-state index contributed by atoms with van der Waals surface area (Å²) in [6.45, 7) is 9.49. The summed E-state index contributed by atoms with van der Waals surface area (Å²) >= 11 is 0. The van der Waals surface area contributed by atoms with Crippen LogP contribution in [0.25, 0.3) is 0 Å². The Balaban J connectivity index is 1.35. The minimum absolute atomic E-state index is 0.0728. The summed E-state index contributed by atoms with van der Waals surface area (Å²) < 4.78 is 1.92.